The molecule has 0 aromatic heterocycles. The van der Waals surface area contributed by atoms with Crippen molar-refractivity contribution in [1.29, 1.82) is 0 Å². The van der Waals surface area contributed by atoms with Crippen molar-refractivity contribution < 1.29 is 23.8 Å². The molecule has 1 N–H and O–H groups in total. The second-order valence-corrected chi connectivity index (χ2v) is 8.42. The fourth-order valence-electron chi connectivity index (χ4n) is 5.42. The Morgan fingerprint density at radius 2 is 1.97 bits per heavy atom. The topological polar surface area (TPSA) is 73.9 Å². The Morgan fingerprint density at radius 1 is 1.17 bits per heavy atom. The van der Waals surface area contributed by atoms with Crippen LogP contribution in [0.4, 0.5) is 0 Å². The summed E-state index contributed by atoms with van der Waals surface area (Å²) >= 11 is 0. The van der Waals surface area contributed by atoms with Gasteiger partial charge in [-0.05, 0) is 48.6 Å². The number of methoxy groups -OCH3 is 2. The van der Waals surface area contributed by atoms with Crippen LogP contribution >= 0.6 is 0 Å². The minimum Gasteiger partial charge on any atom is -0.493 e. The van der Waals surface area contributed by atoms with Crippen LogP contribution in [0.3, 0.4) is 0 Å². The molecule has 156 valence electrons. The second-order valence-electron chi connectivity index (χ2n) is 8.42. The highest BCUT2D eigenvalue weighted by Crippen LogP contribution is 2.65. The number of rotatable bonds is 5. The van der Waals surface area contributed by atoms with Crippen molar-refractivity contribution in [2.24, 2.45) is 17.8 Å². The van der Waals surface area contributed by atoms with Crippen LogP contribution in [0.15, 0.2) is 42.5 Å². The molecule has 1 aliphatic heterocycles. The van der Waals surface area contributed by atoms with E-state index in [9.17, 15) is 9.59 Å². The zero-order valence-corrected chi connectivity index (χ0v) is 17.1. The Kier molecular flexibility index (Phi) is 4.45. The third-order valence-corrected chi connectivity index (χ3v) is 6.85. The Hall–Kier alpha value is -3.02. The third kappa shape index (κ3) is 2.93. The van der Waals surface area contributed by atoms with Crippen LogP contribution in [0.2, 0.25) is 0 Å². The van der Waals surface area contributed by atoms with E-state index in [1.807, 2.05) is 42.5 Å². The maximum atomic E-state index is 12.9. The lowest BCUT2D eigenvalue weighted by Gasteiger charge is -2.37. The summed E-state index contributed by atoms with van der Waals surface area (Å²) in [5.74, 6) is 2.43. The first-order chi connectivity index (χ1) is 14.6. The molecule has 5 rings (SSSR count). The molecule has 2 aromatic rings. The maximum absolute atomic E-state index is 12.9. The lowest BCUT2D eigenvalue weighted by Crippen LogP contribution is -2.44. The second kappa shape index (κ2) is 7.04. The van der Waals surface area contributed by atoms with E-state index >= 15 is 0 Å². The number of benzene rings is 2. The van der Waals surface area contributed by atoms with Crippen LogP contribution in [0.1, 0.15) is 35.2 Å². The summed E-state index contributed by atoms with van der Waals surface area (Å²) in [5.41, 5.74) is 1.07. The van der Waals surface area contributed by atoms with Crippen molar-refractivity contribution in [2.75, 3.05) is 14.2 Å². The fourth-order valence-corrected chi connectivity index (χ4v) is 5.42. The van der Waals surface area contributed by atoms with Crippen LogP contribution in [-0.4, -0.2) is 31.5 Å². The third-order valence-electron chi connectivity index (χ3n) is 6.85. The van der Waals surface area contributed by atoms with E-state index in [0.29, 0.717) is 41.7 Å². The number of carbonyl (C=O) groups excluding carboxylic acids is 2. The van der Waals surface area contributed by atoms with Crippen molar-refractivity contribution in [3.63, 3.8) is 0 Å². The highest BCUT2D eigenvalue weighted by molar-refractivity contribution is 6.00. The number of Topliss-reactive ketones (excluding diaryl/α,β-unsaturated/α-hetero) is 1. The van der Waals surface area contributed by atoms with E-state index in [2.05, 4.69) is 5.32 Å². The first-order valence-corrected chi connectivity index (χ1v) is 10.4. The van der Waals surface area contributed by atoms with Crippen molar-refractivity contribution in [3.05, 3.63) is 53.6 Å². The van der Waals surface area contributed by atoms with Gasteiger partial charge in [0.15, 0.2) is 17.3 Å². The molecule has 0 bridgehead atoms. The van der Waals surface area contributed by atoms with Gasteiger partial charge in [-0.3, -0.25) is 9.59 Å². The standard InChI is InChI=1S/C24H25NO5/c1-28-19-8-7-14(11-20(19)29-2)13-25-23(27)21-16-9-10-24(22(16)21)12-17(26)15-5-3-4-6-18(15)30-24/h3-8,11,16,21-22H,9-10,12-13H2,1-2H3,(H,25,27). The predicted octanol–water partition coefficient (Wildman–Crippen LogP) is 3.38. The number of ether oxygens (including phenoxy) is 3. The molecule has 1 heterocycles. The molecule has 6 nitrogen and oxygen atoms in total. The van der Waals surface area contributed by atoms with E-state index in [1.165, 1.54) is 0 Å². The van der Waals surface area contributed by atoms with Crippen LogP contribution in [0, 0.1) is 17.8 Å². The summed E-state index contributed by atoms with van der Waals surface area (Å²) in [6.07, 6.45) is 2.13. The first kappa shape index (κ1) is 19.0. The van der Waals surface area contributed by atoms with Gasteiger partial charge < -0.3 is 19.5 Å². The Labute approximate surface area is 175 Å². The van der Waals surface area contributed by atoms with Crippen molar-refractivity contribution in [3.8, 4) is 17.2 Å². The summed E-state index contributed by atoms with van der Waals surface area (Å²) in [7, 11) is 3.19. The summed E-state index contributed by atoms with van der Waals surface area (Å²) in [6, 6.07) is 13.0. The van der Waals surface area contributed by atoms with Gasteiger partial charge in [0.2, 0.25) is 5.91 Å². The van der Waals surface area contributed by atoms with E-state index in [1.54, 1.807) is 14.2 Å². The molecule has 4 atom stereocenters. The Balaban J connectivity index is 1.27. The molecule has 2 aliphatic carbocycles. The molecule has 2 fully saturated rings. The largest absolute Gasteiger partial charge is 0.493 e. The van der Waals surface area contributed by atoms with Gasteiger partial charge in [-0.15, -0.1) is 0 Å². The van der Waals surface area contributed by atoms with Gasteiger partial charge in [0.1, 0.15) is 11.4 Å². The lowest BCUT2D eigenvalue weighted by molar-refractivity contribution is -0.124. The summed E-state index contributed by atoms with van der Waals surface area (Å²) in [4.78, 5) is 25.6. The molecule has 1 spiro atoms. The highest BCUT2D eigenvalue weighted by atomic mass is 16.5. The molecule has 2 saturated carbocycles. The quantitative estimate of drug-likeness (QED) is 0.823. The number of hydrogen-bond donors (Lipinski definition) is 1. The molecule has 1 amide bonds. The molecule has 0 radical (unpaired) electrons. The van der Waals surface area contributed by atoms with Crippen molar-refractivity contribution in [1.82, 2.24) is 5.32 Å². The van der Waals surface area contributed by atoms with Gasteiger partial charge in [0.25, 0.3) is 0 Å². The number of amides is 1. The smallest absolute Gasteiger partial charge is 0.224 e. The molecule has 30 heavy (non-hydrogen) atoms. The number of hydrogen-bond acceptors (Lipinski definition) is 5. The lowest BCUT2D eigenvalue weighted by atomic mass is 9.84. The predicted molar refractivity (Wildman–Crippen MR) is 110 cm³/mol. The zero-order valence-electron chi connectivity index (χ0n) is 17.1. The number of carbonyl (C=O) groups is 2. The first-order valence-electron chi connectivity index (χ1n) is 10.4. The van der Waals surface area contributed by atoms with Crippen LogP contribution in [0.5, 0.6) is 17.2 Å². The fraction of sp³-hybridized carbons (Fsp3) is 0.417. The number of para-hydroxylation sites is 1. The van der Waals surface area contributed by atoms with Gasteiger partial charge in [0.05, 0.1) is 26.2 Å². The molecule has 4 unspecified atom stereocenters. The Morgan fingerprint density at radius 3 is 2.77 bits per heavy atom. The van der Waals surface area contributed by atoms with Crippen LogP contribution in [0.25, 0.3) is 0 Å². The molecule has 0 saturated heterocycles. The minimum atomic E-state index is -0.526. The maximum Gasteiger partial charge on any atom is 0.224 e. The molecule has 6 heteroatoms. The average Bonchev–Trinajstić information content (AvgIpc) is 3.42. The van der Waals surface area contributed by atoms with E-state index in [-0.39, 0.29) is 23.5 Å². The summed E-state index contributed by atoms with van der Waals surface area (Å²) in [6.45, 7) is 0.421. The number of nitrogens with one attached hydrogen (secondary N) is 1. The summed E-state index contributed by atoms with van der Waals surface area (Å²) < 4.78 is 17.0. The SMILES string of the molecule is COc1ccc(CNC(=O)C2C3CCC4(CC(=O)c5ccccc5O4)C32)cc1OC. The van der Waals surface area contributed by atoms with E-state index in [4.69, 9.17) is 14.2 Å². The van der Waals surface area contributed by atoms with Gasteiger partial charge in [-0.25, -0.2) is 0 Å². The zero-order chi connectivity index (χ0) is 20.9. The molecule has 3 aliphatic rings. The number of fused-ring (bicyclic) bond motifs is 3. The van der Waals surface area contributed by atoms with Crippen LogP contribution < -0.4 is 19.5 Å². The van der Waals surface area contributed by atoms with Crippen molar-refractivity contribution >= 4 is 11.7 Å². The average molecular weight is 407 g/mol. The number of ketones is 1. The molecule has 2 aromatic carbocycles. The van der Waals surface area contributed by atoms with Crippen LogP contribution in [-0.2, 0) is 11.3 Å². The molecular formula is C24H25NO5. The van der Waals surface area contributed by atoms with Gasteiger partial charge in [-0.1, -0.05) is 18.2 Å². The highest BCUT2D eigenvalue weighted by Gasteiger charge is 2.70. The van der Waals surface area contributed by atoms with Crippen molar-refractivity contribution in [2.45, 2.75) is 31.4 Å². The summed E-state index contributed by atoms with van der Waals surface area (Å²) in [5, 5.41) is 3.05. The molecular weight excluding hydrogens is 382 g/mol. The van der Waals surface area contributed by atoms with Gasteiger partial charge in [-0.2, -0.15) is 0 Å². The van der Waals surface area contributed by atoms with Gasteiger partial charge >= 0.3 is 0 Å². The Bertz CT molecular complexity index is 1020. The normalized spacial score (nSPS) is 28.3. The van der Waals surface area contributed by atoms with E-state index in [0.717, 1.165) is 18.4 Å². The minimum absolute atomic E-state index is 0.0359. The van der Waals surface area contributed by atoms with E-state index < -0.39 is 5.60 Å². The monoisotopic (exact) mass is 407 g/mol. The van der Waals surface area contributed by atoms with Gasteiger partial charge in [0, 0.05) is 18.4 Å².